The number of esters is 1. The van der Waals surface area contributed by atoms with Crippen LogP contribution in [0, 0.1) is 5.82 Å². The van der Waals surface area contributed by atoms with Gasteiger partial charge in [0.1, 0.15) is 5.82 Å². The Morgan fingerprint density at radius 3 is 2.33 bits per heavy atom. The summed E-state index contributed by atoms with van der Waals surface area (Å²) in [6.45, 7) is 1.46. The molecule has 4 rings (SSSR count). The second kappa shape index (κ2) is 7.86. The maximum absolute atomic E-state index is 13.0. The first-order chi connectivity index (χ1) is 14.4. The van der Waals surface area contributed by atoms with E-state index in [0.29, 0.717) is 16.7 Å². The van der Waals surface area contributed by atoms with Gasteiger partial charge in [-0.25, -0.2) is 4.39 Å². The quantitative estimate of drug-likeness (QED) is 0.455. The van der Waals surface area contributed by atoms with Gasteiger partial charge in [-0.1, -0.05) is 12.1 Å². The van der Waals surface area contributed by atoms with Crippen molar-refractivity contribution in [2.45, 2.75) is 19.4 Å². The standard InChI is InChI=1S/C21H16FN3O5/c1-12(18-23-24-19(30-18)13-6-8-14(22)9-7-13)29-17(26)10-11-25-20(27)15-4-2-3-5-16(15)21(25)28/h2-9,12H,10-11H2,1H3/t12-/m0/s1. The van der Waals surface area contributed by atoms with Crippen LogP contribution < -0.4 is 0 Å². The second-order valence-electron chi connectivity index (χ2n) is 6.64. The van der Waals surface area contributed by atoms with Crippen molar-refractivity contribution in [3.8, 4) is 11.5 Å². The lowest BCUT2D eigenvalue weighted by Crippen LogP contribution is -2.32. The number of aromatic nitrogens is 2. The molecule has 30 heavy (non-hydrogen) atoms. The zero-order valence-corrected chi connectivity index (χ0v) is 15.9. The van der Waals surface area contributed by atoms with Crippen LogP contribution in [0.5, 0.6) is 0 Å². The lowest BCUT2D eigenvalue weighted by atomic mass is 10.1. The number of benzene rings is 2. The number of fused-ring (bicyclic) bond motifs is 1. The van der Waals surface area contributed by atoms with Crippen LogP contribution in [0.4, 0.5) is 4.39 Å². The van der Waals surface area contributed by atoms with E-state index in [4.69, 9.17) is 9.15 Å². The molecule has 152 valence electrons. The zero-order chi connectivity index (χ0) is 21.3. The first kappa shape index (κ1) is 19.4. The van der Waals surface area contributed by atoms with Crippen LogP contribution in [0.25, 0.3) is 11.5 Å². The number of nitrogens with zero attached hydrogens (tertiary/aromatic N) is 3. The van der Waals surface area contributed by atoms with Crippen LogP contribution in [0.1, 0.15) is 46.1 Å². The Balaban J connectivity index is 1.34. The Hall–Kier alpha value is -3.88. The SMILES string of the molecule is C[C@H](OC(=O)CCN1C(=O)c2ccccc2C1=O)c1nnc(-c2ccc(F)cc2)o1. The van der Waals surface area contributed by atoms with Crippen molar-refractivity contribution in [1.82, 2.24) is 15.1 Å². The average molecular weight is 409 g/mol. The Bertz CT molecular complexity index is 1090. The normalized spacial score (nSPS) is 14.0. The van der Waals surface area contributed by atoms with Crippen molar-refractivity contribution in [3.63, 3.8) is 0 Å². The highest BCUT2D eigenvalue weighted by Crippen LogP contribution is 2.24. The number of hydrogen-bond donors (Lipinski definition) is 0. The number of amides is 2. The number of ether oxygens (including phenoxy) is 1. The van der Waals surface area contributed by atoms with E-state index < -0.39 is 23.9 Å². The topological polar surface area (TPSA) is 103 Å². The smallest absolute Gasteiger partial charge is 0.308 e. The average Bonchev–Trinajstić information content (AvgIpc) is 3.32. The molecule has 2 amide bonds. The molecular formula is C21H16FN3O5. The van der Waals surface area contributed by atoms with Crippen LogP contribution in [-0.4, -0.2) is 39.4 Å². The fraction of sp³-hybridized carbons (Fsp3) is 0.190. The summed E-state index contributed by atoms with van der Waals surface area (Å²) in [5.74, 6) is -1.64. The molecule has 0 bridgehead atoms. The van der Waals surface area contributed by atoms with Gasteiger partial charge < -0.3 is 9.15 Å². The van der Waals surface area contributed by atoms with Crippen molar-refractivity contribution in [3.05, 3.63) is 71.4 Å². The van der Waals surface area contributed by atoms with Crippen LogP contribution in [0.15, 0.2) is 52.9 Å². The monoisotopic (exact) mass is 409 g/mol. The summed E-state index contributed by atoms with van der Waals surface area (Å²) < 4.78 is 23.8. The third-order valence-electron chi connectivity index (χ3n) is 4.61. The molecule has 0 saturated heterocycles. The Morgan fingerprint density at radius 2 is 1.70 bits per heavy atom. The van der Waals surface area contributed by atoms with Gasteiger partial charge in [0.15, 0.2) is 6.10 Å². The number of carbonyl (C=O) groups is 3. The first-order valence-corrected chi connectivity index (χ1v) is 9.18. The van der Waals surface area contributed by atoms with Crippen molar-refractivity contribution in [2.24, 2.45) is 0 Å². The predicted octanol–water partition coefficient (Wildman–Crippen LogP) is 3.17. The fourth-order valence-corrected chi connectivity index (χ4v) is 3.06. The molecule has 0 unspecified atom stereocenters. The van der Waals surface area contributed by atoms with Crippen molar-refractivity contribution >= 4 is 17.8 Å². The molecule has 0 fully saturated rings. The highest BCUT2D eigenvalue weighted by atomic mass is 19.1. The minimum atomic E-state index is -0.832. The number of carbonyl (C=O) groups excluding carboxylic acids is 3. The Kier molecular flexibility index (Phi) is 5.09. The van der Waals surface area contributed by atoms with E-state index in [1.54, 1.807) is 31.2 Å². The zero-order valence-electron chi connectivity index (χ0n) is 15.9. The van der Waals surface area contributed by atoms with Gasteiger partial charge in [-0.15, -0.1) is 10.2 Å². The Morgan fingerprint density at radius 1 is 1.07 bits per heavy atom. The van der Waals surface area contributed by atoms with Crippen molar-refractivity contribution in [1.29, 1.82) is 0 Å². The number of rotatable bonds is 6. The van der Waals surface area contributed by atoms with Crippen molar-refractivity contribution in [2.75, 3.05) is 6.54 Å². The Labute approximate surface area is 170 Å². The van der Waals surface area contributed by atoms with Gasteiger partial charge in [0.2, 0.25) is 5.89 Å². The lowest BCUT2D eigenvalue weighted by molar-refractivity contribution is -0.149. The summed E-state index contributed by atoms with van der Waals surface area (Å²) in [6, 6.07) is 12.0. The molecule has 0 aliphatic carbocycles. The first-order valence-electron chi connectivity index (χ1n) is 9.18. The molecule has 1 aliphatic heterocycles. The molecule has 2 aromatic carbocycles. The summed E-state index contributed by atoms with van der Waals surface area (Å²) in [7, 11) is 0. The third-order valence-corrected chi connectivity index (χ3v) is 4.61. The summed E-state index contributed by atoms with van der Waals surface area (Å²) in [5, 5.41) is 7.72. The number of hydrogen-bond acceptors (Lipinski definition) is 7. The summed E-state index contributed by atoms with van der Waals surface area (Å²) in [5.41, 5.74) is 1.17. The van der Waals surface area contributed by atoms with E-state index in [1.165, 1.54) is 24.3 Å². The van der Waals surface area contributed by atoms with E-state index in [-0.39, 0.29) is 30.6 Å². The second-order valence-corrected chi connectivity index (χ2v) is 6.64. The fourth-order valence-electron chi connectivity index (χ4n) is 3.06. The number of imide groups is 1. The summed E-state index contributed by atoms with van der Waals surface area (Å²) in [6.07, 6.45) is -1.00. The van der Waals surface area contributed by atoms with E-state index in [2.05, 4.69) is 10.2 Å². The number of halogens is 1. The van der Waals surface area contributed by atoms with Crippen LogP contribution in [0.2, 0.25) is 0 Å². The highest BCUT2D eigenvalue weighted by Gasteiger charge is 2.35. The molecule has 0 N–H and O–H groups in total. The molecule has 2 heterocycles. The van der Waals surface area contributed by atoms with Gasteiger partial charge in [0, 0.05) is 12.1 Å². The molecule has 3 aromatic rings. The molecule has 0 saturated carbocycles. The van der Waals surface area contributed by atoms with Gasteiger partial charge in [-0.3, -0.25) is 19.3 Å². The van der Waals surface area contributed by atoms with Gasteiger partial charge in [-0.2, -0.15) is 0 Å². The molecule has 8 nitrogen and oxygen atoms in total. The van der Waals surface area contributed by atoms with Gasteiger partial charge >= 0.3 is 5.97 Å². The van der Waals surface area contributed by atoms with E-state index in [0.717, 1.165) is 4.90 Å². The summed E-state index contributed by atoms with van der Waals surface area (Å²) in [4.78, 5) is 37.8. The molecule has 1 atom stereocenters. The van der Waals surface area contributed by atoms with Gasteiger partial charge in [-0.05, 0) is 43.3 Å². The largest absolute Gasteiger partial charge is 0.453 e. The van der Waals surface area contributed by atoms with E-state index in [1.807, 2.05) is 0 Å². The maximum Gasteiger partial charge on any atom is 0.308 e. The van der Waals surface area contributed by atoms with E-state index >= 15 is 0 Å². The molecule has 1 aliphatic rings. The van der Waals surface area contributed by atoms with E-state index in [9.17, 15) is 18.8 Å². The molecule has 1 aromatic heterocycles. The van der Waals surface area contributed by atoms with Crippen LogP contribution in [0.3, 0.4) is 0 Å². The molecule has 9 heteroatoms. The van der Waals surface area contributed by atoms with Gasteiger partial charge in [0.25, 0.3) is 17.7 Å². The lowest BCUT2D eigenvalue weighted by Gasteiger charge is -2.14. The van der Waals surface area contributed by atoms with Gasteiger partial charge in [0.05, 0.1) is 17.5 Å². The third kappa shape index (κ3) is 3.69. The maximum atomic E-state index is 13.0. The molecule has 0 spiro atoms. The molecular weight excluding hydrogens is 393 g/mol. The highest BCUT2D eigenvalue weighted by molar-refractivity contribution is 6.21. The minimum absolute atomic E-state index is 0.0726. The van der Waals surface area contributed by atoms with Crippen LogP contribution in [-0.2, 0) is 9.53 Å². The van der Waals surface area contributed by atoms with Crippen molar-refractivity contribution < 1.29 is 27.9 Å². The minimum Gasteiger partial charge on any atom is -0.453 e. The molecule has 0 radical (unpaired) electrons. The van der Waals surface area contributed by atoms with Crippen LogP contribution >= 0.6 is 0 Å². The summed E-state index contributed by atoms with van der Waals surface area (Å²) >= 11 is 0. The predicted molar refractivity (Wildman–Crippen MR) is 101 cm³/mol.